The molecule has 0 aliphatic heterocycles. The molecule has 0 fully saturated rings. The van der Waals surface area contributed by atoms with Crippen molar-refractivity contribution >= 4 is 10.9 Å². The van der Waals surface area contributed by atoms with Crippen LogP contribution in [0, 0.1) is 6.92 Å². The Labute approximate surface area is 214 Å². The van der Waals surface area contributed by atoms with Crippen LogP contribution >= 0.6 is 0 Å². The highest BCUT2D eigenvalue weighted by atomic mass is 32.2. The first-order valence-electron chi connectivity index (χ1n) is 12.3. The lowest BCUT2D eigenvalue weighted by molar-refractivity contribution is 0.461. The number of phenolic OH excluding ortho intramolecular Hbond substituents is 1. The molecule has 0 heterocycles. The lowest BCUT2D eigenvalue weighted by atomic mass is 9.86. The van der Waals surface area contributed by atoms with Crippen molar-refractivity contribution in [2.45, 2.75) is 74.0 Å². The lowest BCUT2D eigenvalue weighted by Gasteiger charge is -2.19. The van der Waals surface area contributed by atoms with Gasteiger partial charge >= 0.3 is 0 Å². The van der Waals surface area contributed by atoms with Crippen molar-refractivity contribution in [1.82, 2.24) is 0 Å². The average Bonchev–Trinajstić information content (AvgIpc) is 2.80. The van der Waals surface area contributed by atoms with Crippen LogP contribution in [0.4, 0.5) is 0 Å². The Hall–Kier alpha value is -2.97. The first kappa shape index (κ1) is 25.1. The third-order valence-corrected chi connectivity index (χ3v) is 8.74. The second-order valence-corrected chi connectivity index (χ2v) is 13.4. The zero-order valence-electron chi connectivity index (χ0n) is 22.0. The summed E-state index contributed by atoms with van der Waals surface area (Å²) in [7, 11) is -0.400. The maximum absolute atomic E-state index is 10.9. The van der Waals surface area contributed by atoms with Gasteiger partial charge in [-0.05, 0) is 94.1 Å². The predicted octanol–water partition coefficient (Wildman–Crippen LogP) is 9.06. The third-order valence-electron chi connectivity index (χ3n) is 6.46. The summed E-state index contributed by atoms with van der Waals surface area (Å²) in [4.78, 5) is 3.36. The van der Waals surface area contributed by atoms with Crippen molar-refractivity contribution < 1.29 is 5.11 Å². The summed E-state index contributed by atoms with van der Waals surface area (Å²) in [5.41, 5.74) is 6.39. The van der Waals surface area contributed by atoms with Gasteiger partial charge in [-0.3, -0.25) is 0 Å². The summed E-state index contributed by atoms with van der Waals surface area (Å²) in [5.74, 6) is 0.357. The van der Waals surface area contributed by atoms with Crippen LogP contribution in [0.2, 0.25) is 0 Å². The molecule has 1 unspecified atom stereocenters. The molecule has 1 atom stereocenters. The van der Waals surface area contributed by atoms with Crippen LogP contribution in [-0.4, -0.2) is 5.11 Å². The molecule has 35 heavy (non-hydrogen) atoms. The van der Waals surface area contributed by atoms with E-state index in [9.17, 15) is 5.11 Å². The number of aromatic hydroxyl groups is 1. The van der Waals surface area contributed by atoms with E-state index in [2.05, 4.69) is 126 Å². The fraction of sp³-hybridized carbons (Fsp3) is 0.273. The number of aryl methyl sites for hydroxylation is 1. The number of phenols is 1. The lowest BCUT2D eigenvalue weighted by Crippen LogP contribution is -2.12. The molecule has 0 spiro atoms. The first-order valence-corrected chi connectivity index (χ1v) is 13.5. The molecular weight excluding hydrogens is 444 g/mol. The molecule has 180 valence electrons. The van der Waals surface area contributed by atoms with E-state index in [4.69, 9.17) is 0 Å². The van der Waals surface area contributed by atoms with Gasteiger partial charge in [0.2, 0.25) is 4.90 Å². The van der Waals surface area contributed by atoms with Gasteiger partial charge in [-0.25, -0.2) is 0 Å². The van der Waals surface area contributed by atoms with Crippen molar-refractivity contribution in [2.75, 3.05) is 0 Å². The van der Waals surface area contributed by atoms with Gasteiger partial charge in [-0.2, -0.15) is 0 Å². The molecular formula is C33H37OS+. The molecule has 4 aromatic rings. The highest BCUT2D eigenvalue weighted by Gasteiger charge is 2.32. The van der Waals surface area contributed by atoms with E-state index in [1.807, 2.05) is 13.0 Å². The Bertz CT molecular complexity index is 1290. The predicted molar refractivity (Wildman–Crippen MR) is 151 cm³/mol. The van der Waals surface area contributed by atoms with Gasteiger partial charge in [0.25, 0.3) is 0 Å². The van der Waals surface area contributed by atoms with E-state index < -0.39 is 10.9 Å². The largest absolute Gasteiger partial charge is 0.503 e. The van der Waals surface area contributed by atoms with Crippen LogP contribution in [-0.2, 0) is 21.7 Å². The summed E-state index contributed by atoms with van der Waals surface area (Å²) < 4.78 is 0. The second kappa shape index (κ2) is 9.59. The molecule has 4 aromatic carbocycles. The van der Waals surface area contributed by atoms with Gasteiger partial charge in [0.1, 0.15) is 10.9 Å². The van der Waals surface area contributed by atoms with Crippen LogP contribution in [0.15, 0.2) is 106 Å². The number of rotatable bonds is 4. The minimum absolute atomic E-state index is 0.104. The van der Waals surface area contributed by atoms with Gasteiger partial charge in [-0.15, -0.1) is 0 Å². The maximum Gasteiger partial charge on any atom is 0.208 e. The minimum atomic E-state index is -0.400. The molecule has 0 amide bonds. The van der Waals surface area contributed by atoms with Crippen molar-refractivity contribution in [3.05, 3.63) is 108 Å². The first-order chi connectivity index (χ1) is 16.4. The van der Waals surface area contributed by atoms with Crippen molar-refractivity contribution in [3.8, 4) is 16.9 Å². The average molecular weight is 482 g/mol. The summed E-state index contributed by atoms with van der Waals surface area (Å²) >= 11 is 0. The minimum Gasteiger partial charge on any atom is -0.503 e. The maximum atomic E-state index is 10.9. The number of hydrogen-bond donors (Lipinski definition) is 1. The van der Waals surface area contributed by atoms with Crippen LogP contribution in [0.5, 0.6) is 5.75 Å². The Kier molecular flexibility index (Phi) is 6.88. The molecule has 1 N–H and O–H groups in total. The topological polar surface area (TPSA) is 20.2 Å². The van der Waals surface area contributed by atoms with Crippen LogP contribution in [0.1, 0.15) is 58.2 Å². The molecule has 0 aromatic heterocycles. The summed E-state index contributed by atoms with van der Waals surface area (Å²) in [5, 5.41) is 10.9. The summed E-state index contributed by atoms with van der Waals surface area (Å²) in [6.45, 7) is 15.5. The van der Waals surface area contributed by atoms with E-state index in [0.717, 1.165) is 10.5 Å². The Morgan fingerprint density at radius 3 is 1.37 bits per heavy atom. The molecule has 4 rings (SSSR count). The molecule has 0 saturated heterocycles. The highest BCUT2D eigenvalue weighted by Crippen LogP contribution is 2.38. The molecule has 0 bridgehead atoms. The smallest absolute Gasteiger partial charge is 0.208 e. The third kappa shape index (κ3) is 5.65. The molecule has 0 aliphatic rings. The monoisotopic (exact) mass is 481 g/mol. The van der Waals surface area contributed by atoms with E-state index in [-0.39, 0.29) is 10.8 Å². The van der Waals surface area contributed by atoms with Gasteiger partial charge in [0.15, 0.2) is 15.5 Å². The molecule has 0 radical (unpaired) electrons. The molecule has 0 aliphatic carbocycles. The summed E-state index contributed by atoms with van der Waals surface area (Å²) in [6.07, 6.45) is 0. The quantitative estimate of drug-likeness (QED) is 0.288. The Morgan fingerprint density at radius 1 is 0.543 bits per heavy atom. The molecule has 1 nitrogen and oxygen atoms in total. The highest BCUT2D eigenvalue weighted by molar-refractivity contribution is 7.97. The zero-order valence-corrected chi connectivity index (χ0v) is 22.8. The molecule has 0 saturated carbocycles. The number of hydrogen-bond acceptors (Lipinski definition) is 1. The van der Waals surface area contributed by atoms with Crippen molar-refractivity contribution in [1.29, 1.82) is 0 Å². The second-order valence-electron chi connectivity index (χ2n) is 11.4. The van der Waals surface area contributed by atoms with E-state index in [1.54, 1.807) is 0 Å². The van der Waals surface area contributed by atoms with Gasteiger partial charge in [0, 0.05) is 0 Å². The van der Waals surface area contributed by atoms with E-state index in [1.165, 1.54) is 32.0 Å². The van der Waals surface area contributed by atoms with Crippen molar-refractivity contribution in [2.24, 2.45) is 0 Å². The van der Waals surface area contributed by atoms with Gasteiger partial charge in [-0.1, -0.05) is 84.0 Å². The SMILES string of the molecule is Cc1ccc([S+](c2ccc(-c3ccc(C(C)(C)C)cc3)cc2)c2ccc(C(C)(C)C)cc2)c(O)c1. The zero-order chi connectivity index (χ0) is 25.4. The van der Waals surface area contributed by atoms with E-state index in [0.29, 0.717) is 5.75 Å². The molecule has 2 heteroatoms. The van der Waals surface area contributed by atoms with Crippen molar-refractivity contribution in [3.63, 3.8) is 0 Å². The summed E-state index contributed by atoms with van der Waals surface area (Å²) in [6, 6.07) is 32.7. The van der Waals surface area contributed by atoms with Gasteiger partial charge < -0.3 is 5.11 Å². The van der Waals surface area contributed by atoms with E-state index >= 15 is 0 Å². The normalized spacial score (nSPS) is 13.0. The number of benzene rings is 4. The van der Waals surface area contributed by atoms with Crippen LogP contribution in [0.3, 0.4) is 0 Å². The van der Waals surface area contributed by atoms with Crippen LogP contribution < -0.4 is 0 Å². The fourth-order valence-electron chi connectivity index (χ4n) is 4.23. The Balaban J connectivity index is 1.74. The van der Waals surface area contributed by atoms with Gasteiger partial charge in [0.05, 0.1) is 0 Å². The standard InChI is InChI=1S/C33H36OS/c1-23-8-21-31(30(34)22-23)35(29-19-15-27(16-20-29)33(5,6)7)28-17-11-25(12-18-28)24-9-13-26(14-10-24)32(2,3)4/h8-22H,1-7H3/p+1. The fourth-order valence-corrected chi connectivity index (χ4v) is 6.30. The van der Waals surface area contributed by atoms with Crippen LogP contribution in [0.25, 0.3) is 11.1 Å². The Morgan fingerprint density at radius 2 is 0.943 bits per heavy atom.